The zero-order chi connectivity index (χ0) is 14.2. The molecule has 0 saturated carbocycles. The Morgan fingerprint density at radius 1 is 0.842 bits per heavy atom. The summed E-state index contributed by atoms with van der Waals surface area (Å²) in [5, 5.41) is 8.29. The van der Waals surface area contributed by atoms with Gasteiger partial charge in [0.05, 0.1) is 0 Å². The van der Waals surface area contributed by atoms with Gasteiger partial charge in [0, 0.05) is 6.54 Å². The number of carbonyl (C=O) groups is 1. The minimum atomic E-state index is -1.08. The molecule has 0 fully saturated rings. The minimum Gasteiger partial charge on any atom is -0.464 e. The first-order valence-corrected chi connectivity index (χ1v) is 7.74. The lowest BCUT2D eigenvalue weighted by Gasteiger charge is -2.06. The second-order valence-corrected chi connectivity index (χ2v) is 5.02. The Kier molecular flexibility index (Phi) is 14.6. The number of hydrazine groups is 2. The first-order chi connectivity index (χ1) is 9.27. The van der Waals surface area contributed by atoms with Gasteiger partial charge >= 0.3 is 6.09 Å². The zero-order valence-corrected chi connectivity index (χ0v) is 12.3. The van der Waals surface area contributed by atoms with Crippen LogP contribution in [0.3, 0.4) is 0 Å². The lowest BCUT2D eigenvalue weighted by molar-refractivity contribution is 0.185. The average Bonchev–Trinajstić information content (AvgIpc) is 2.39. The number of carboxylic acid groups (broad SMARTS) is 1. The number of nitrogens with one attached hydrogen (secondary N) is 3. The topological polar surface area (TPSA) is 73.4 Å². The van der Waals surface area contributed by atoms with Crippen LogP contribution in [-0.4, -0.2) is 17.7 Å². The summed E-state index contributed by atoms with van der Waals surface area (Å²) in [4.78, 5) is 10.1. The molecular weight excluding hydrogens is 242 g/mol. The van der Waals surface area contributed by atoms with Gasteiger partial charge < -0.3 is 5.11 Å². The molecule has 0 atom stereocenters. The molecule has 0 aromatic rings. The van der Waals surface area contributed by atoms with E-state index in [0.717, 1.165) is 13.0 Å². The van der Waals surface area contributed by atoms with Crippen LogP contribution >= 0.6 is 0 Å². The quantitative estimate of drug-likeness (QED) is 0.288. The lowest BCUT2D eigenvalue weighted by atomic mass is 10.1. The van der Waals surface area contributed by atoms with Gasteiger partial charge in [-0.25, -0.2) is 15.6 Å². The second-order valence-electron chi connectivity index (χ2n) is 5.02. The van der Waals surface area contributed by atoms with E-state index in [1.165, 1.54) is 64.2 Å². The van der Waals surface area contributed by atoms with Crippen molar-refractivity contribution in [2.24, 2.45) is 0 Å². The lowest BCUT2D eigenvalue weighted by Crippen LogP contribution is -2.46. The molecule has 19 heavy (non-hydrogen) atoms. The molecule has 1 amide bonds. The van der Waals surface area contributed by atoms with Crippen molar-refractivity contribution in [2.75, 3.05) is 6.54 Å². The molecule has 0 unspecified atom stereocenters. The van der Waals surface area contributed by atoms with Crippen molar-refractivity contribution in [3.05, 3.63) is 0 Å². The first kappa shape index (κ1) is 18.2. The van der Waals surface area contributed by atoms with Crippen molar-refractivity contribution < 1.29 is 9.90 Å². The van der Waals surface area contributed by atoms with Gasteiger partial charge in [0.25, 0.3) is 0 Å². The summed E-state index contributed by atoms with van der Waals surface area (Å²) < 4.78 is 0. The smallest absolute Gasteiger partial charge is 0.420 e. The number of amides is 1. The fourth-order valence-electron chi connectivity index (χ4n) is 2.04. The Morgan fingerprint density at radius 2 is 1.32 bits per heavy atom. The van der Waals surface area contributed by atoms with Gasteiger partial charge in [-0.15, -0.1) is 0 Å². The number of hydrogen-bond donors (Lipinski definition) is 4. The van der Waals surface area contributed by atoms with Gasteiger partial charge in [0.15, 0.2) is 0 Å². The third-order valence-corrected chi connectivity index (χ3v) is 3.16. The van der Waals surface area contributed by atoms with E-state index in [0.29, 0.717) is 0 Å². The summed E-state index contributed by atoms with van der Waals surface area (Å²) in [6.07, 6.45) is 13.5. The van der Waals surface area contributed by atoms with Gasteiger partial charge in [0.1, 0.15) is 0 Å². The largest absolute Gasteiger partial charge is 0.464 e. The highest BCUT2D eigenvalue weighted by Crippen LogP contribution is 2.10. The van der Waals surface area contributed by atoms with Crippen molar-refractivity contribution in [3.8, 4) is 0 Å². The van der Waals surface area contributed by atoms with Gasteiger partial charge in [0.2, 0.25) is 0 Å². The molecule has 0 rings (SSSR count). The van der Waals surface area contributed by atoms with Crippen LogP contribution < -0.4 is 16.4 Å². The van der Waals surface area contributed by atoms with Crippen molar-refractivity contribution in [1.82, 2.24) is 16.4 Å². The molecule has 0 aliphatic carbocycles. The van der Waals surface area contributed by atoms with Crippen molar-refractivity contribution >= 4 is 6.09 Å². The van der Waals surface area contributed by atoms with Crippen molar-refractivity contribution in [2.45, 2.75) is 77.6 Å². The molecule has 5 nitrogen and oxygen atoms in total. The normalized spacial score (nSPS) is 10.6. The number of rotatable bonds is 14. The third-order valence-electron chi connectivity index (χ3n) is 3.16. The van der Waals surface area contributed by atoms with E-state index in [1.807, 2.05) is 5.43 Å². The molecule has 0 radical (unpaired) electrons. The molecule has 0 aliphatic rings. The molecule has 0 bridgehead atoms. The summed E-state index contributed by atoms with van der Waals surface area (Å²) >= 11 is 0. The summed E-state index contributed by atoms with van der Waals surface area (Å²) in [6.45, 7) is 3.04. The molecule has 0 heterocycles. The fraction of sp³-hybridized carbons (Fsp3) is 0.929. The molecule has 0 saturated heterocycles. The Hall–Kier alpha value is -0.810. The minimum absolute atomic E-state index is 0.789. The fourth-order valence-corrected chi connectivity index (χ4v) is 2.04. The molecule has 0 spiro atoms. The van der Waals surface area contributed by atoms with E-state index >= 15 is 0 Å². The molecule has 4 N–H and O–H groups in total. The maximum Gasteiger partial charge on any atom is 0.420 e. The van der Waals surface area contributed by atoms with Crippen LogP contribution in [0.5, 0.6) is 0 Å². The van der Waals surface area contributed by atoms with E-state index in [-0.39, 0.29) is 0 Å². The Bertz CT molecular complexity index is 201. The third kappa shape index (κ3) is 17.2. The van der Waals surface area contributed by atoms with E-state index in [1.54, 1.807) is 0 Å². The second kappa shape index (κ2) is 15.2. The predicted octanol–water partition coefficient (Wildman–Crippen LogP) is 3.57. The summed E-state index contributed by atoms with van der Waals surface area (Å²) in [7, 11) is 0. The van der Waals surface area contributed by atoms with E-state index in [4.69, 9.17) is 5.11 Å². The Labute approximate surface area is 117 Å². The van der Waals surface area contributed by atoms with Crippen LogP contribution in [0.4, 0.5) is 4.79 Å². The van der Waals surface area contributed by atoms with Crippen molar-refractivity contribution in [3.63, 3.8) is 0 Å². The van der Waals surface area contributed by atoms with Gasteiger partial charge in [-0.1, -0.05) is 71.1 Å². The monoisotopic (exact) mass is 273 g/mol. The summed E-state index contributed by atoms with van der Waals surface area (Å²) in [5.74, 6) is 0. The van der Waals surface area contributed by atoms with E-state index in [9.17, 15) is 4.79 Å². The SMILES string of the molecule is CCCCCCCCCCCCCNNNC(=O)O. The first-order valence-electron chi connectivity index (χ1n) is 7.74. The van der Waals surface area contributed by atoms with Crippen LogP contribution in [0, 0.1) is 0 Å². The highest BCUT2D eigenvalue weighted by molar-refractivity contribution is 5.63. The van der Waals surface area contributed by atoms with Crippen LogP contribution in [0.15, 0.2) is 0 Å². The molecule has 114 valence electrons. The van der Waals surface area contributed by atoms with Crippen LogP contribution in [0.1, 0.15) is 77.6 Å². The summed E-state index contributed by atoms with van der Waals surface area (Å²) in [5.41, 5.74) is 7.27. The molecular formula is C14H31N3O2. The highest BCUT2D eigenvalue weighted by atomic mass is 16.4. The molecule has 0 aliphatic heterocycles. The van der Waals surface area contributed by atoms with Gasteiger partial charge in [-0.05, 0) is 6.42 Å². The van der Waals surface area contributed by atoms with Crippen LogP contribution in [0.25, 0.3) is 0 Å². The van der Waals surface area contributed by atoms with E-state index in [2.05, 4.69) is 17.9 Å². The van der Waals surface area contributed by atoms with Gasteiger partial charge in [-0.3, -0.25) is 0 Å². The van der Waals surface area contributed by atoms with Gasteiger partial charge in [-0.2, -0.15) is 5.53 Å². The zero-order valence-electron chi connectivity index (χ0n) is 12.3. The predicted molar refractivity (Wildman–Crippen MR) is 78.8 cm³/mol. The van der Waals surface area contributed by atoms with Crippen LogP contribution in [0.2, 0.25) is 0 Å². The van der Waals surface area contributed by atoms with Crippen LogP contribution in [-0.2, 0) is 0 Å². The molecule has 0 aromatic heterocycles. The maximum absolute atomic E-state index is 10.1. The molecule has 0 aromatic carbocycles. The highest BCUT2D eigenvalue weighted by Gasteiger charge is 1.93. The number of hydrogen-bond acceptors (Lipinski definition) is 3. The Balaban J connectivity index is 2.93. The van der Waals surface area contributed by atoms with Crippen molar-refractivity contribution in [1.29, 1.82) is 0 Å². The summed E-state index contributed by atoms with van der Waals surface area (Å²) in [6, 6.07) is 0. The Morgan fingerprint density at radius 3 is 1.79 bits per heavy atom. The molecule has 5 heteroatoms. The number of unbranched alkanes of at least 4 members (excludes halogenated alkanes) is 10. The standard InChI is InChI=1S/C14H31N3O2/c1-2-3-4-5-6-7-8-9-10-11-12-13-15-17-16-14(18)19/h15-17H,2-13H2,1H3,(H,18,19). The average molecular weight is 273 g/mol. The van der Waals surface area contributed by atoms with E-state index < -0.39 is 6.09 Å². The maximum atomic E-state index is 10.1.